The summed E-state index contributed by atoms with van der Waals surface area (Å²) >= 11 is 6.14. The first-order valence-electron chi connectivity index (χ1n) is 9.54. The Balaban J connectivity index is 1.62. The van der Waals surface area contributed by atoms with Crippen LogP contribution in [-0.4, -0.2) is 61.3 Å². The summed E-state index contributed by atoms with van der Waals surface area (Å²) in [5.41, 5.74) is 0.899. The van der Waals surface area contributed by atoms with Crippen molar-refractivity contribution in [2.45, 2.75) is 51.0 Å². The van der Waals surface area contributed by atoms with Crippen LogP contribution in [0.1, 0.15) is 39.2 Å². The molecule has 1 saturated carbocycles. The molecule has 7 nitrogen and oxygen atoms in total. The van der Waals surface area contributed by atoms with Gasteiger partial charge < -0.3 is 9.64 Å². The lowest BCUT2D eigenvalue weighted by molar-refractivity contribution is 0.0139. The Morgan fingerprint density at radius 3 is 2.43 bits per heavy atom. The van der Waals surface area contributed by atoms with Crippen molar-refractivity contribution >= 4 is 33.4 Å². The number of amides is 1. The smallest absolute Gasteiger partial charge is 0.410 e. The molecule has 3 rings (SSSR count). The normalized spacial score (nSPS) is 18.8. The van der Waals surface area contributed by atoms with E-state index >= 15 is 0 Å². The average Bonchev–Trinajstić information content (AvgIpc) is 3.42. The van der Waals surface area contributed by atoms with Crippen LogP contribution in [0, 0.1) is 0 Å². The van der Waals surface area contributed by atoms with Crippen molar-refractivity contribution in [2.75, 3.05) is 30.9 Å². The molecule has 0 spiro atoms. The van der Waals surface area contributed by atoms with Crippen LogP contribution < -0.4 is 4.72 Å². The van der Waals surface area contributed by atoms with Crippen LogP contribution in [-0.2, 0) is 21.3 Å². The highest BCUT2D eigenvalue weighted by molar-refractivity contribution is 7.93. The number of ether oxygens (including phenoxy) is 1. The lowest BCUT2D eigenvalue weighted by Gasteiger charge is -2.35. The molecular weight excluding hydrogens is 402 g/mol. The van der Waals surface area contributed by atoms with Gasteiger partial charge in [0.05, 0.1) is 10.9 Å². The zero-order chi connectivity index (χ0) is 20.5. The maximum atomic E-state index is 12.3. The SMILES string of the molecule is CC(C)(C)OC(=O)N1CCN(Cc2cc(Cl)ccc2NS(=O)(=O)C2CC2)CC1. The number of nitrogens with zero attached hydrogens (tertiary/aromatic N) is 2. The van der Waals surface area contributed by atoms with E-state index in [-0.39, 0.29) is 11.3 Å². The second kappa shape index (κ2) is 8.08. The lowest BCUT2D eigenvalue weighted by atomic mass is 10.1. The number of sulfonamides is 1. The fraction of sp³-hybridized carbons (Fsp3) is 0.632. The average molecular weight is 430 g/mol. The third kappa shape index (κ3) is 5.75. The standard InChI is InChI=1S/C19H28ClN3O4S/c1-19(2,3)27-18(24)23-10-8-22(9-11-23)13-14-12-15(20)4-7-17(14)21-28(25,26)16-5-6-16/h4,7,12,16,21H,5-6,8-11,13H2,1-3H3. The van der Waals surface area contributed by atoms with E-state index in [0.717, 1.165) is 5.56 Å². The highest BCUT2D eigenvalue weighted by atomic mass is 35.5. The monoisotopic (exact) mass is 429 g/mol. The molecule has 28 heavy (non-hydrogen) atoms. The Labute approximate surface area is 172 Å². The summed E-state index contributed by atoms with van der Waals surface area (Å²) in [4.78, 5) is 16.1. The molecule has 2 aliphatic rings. The molecule has 1 N–H and O–H groups in total. The van der Waals surface area contributed by atoms with E-state index in [2.05, 4.69) is 9.62 Å². The minimum absolute atomic E-state index is 0.284. The van der Waals surface area contributed by atoms with Crippen molar-refractivity contribution in [3.63, 3.8) is 0 Å². The van der Waals surface area contributed by atoms with Gasteiger partial charge in [-0.25, -0.2) is 13.2 Å². The van der Waals surface area contributed by atoms with E-state index in [9.17, 15) is 13.2 Å². The first-order chi connectivity index (χ1) is 13.0. The first kappa shape index (κ1) is 21.2. The van der Waals surface area contributed by atoms with Gasteiger partial charge >= 0.3 is 6.09 Å². The van der Waals surface area contributed by atoms with Gasteiger partial charge in [-0.2, -0.15) is 0 Å². The van der Waals surface area contributed by atoms with Gasteiger partial charge in [-0.05, 0) is 57.4 Å². The van der Waals surface area contributed by atoms with Crippen molar-refractivity contribution in [1.29, 1.82) is 0 Å². The van der Waals surface area contributed by atoms with E-state index in [1.165, 1.54) is 0 Å². The summed E-state index contributed by atoms with van der Waals surface area (Å²) in [6, 6.07) is 5.21. The van der Waals surface area contributed by atoms with Crippen LogP contribution in [0.25, 0.3) is 0 Å². The molecule has 1 aliphatic heterocycles. The third-order valence-electron chi connectivity index (χ3n) is 4.70. The number of benzene rings is 1. The molecule has 0 unspecified atom stereocenters. The number of hydrogen-bond acceptors (Lipinski definition) is 5. The quantitative estimate of drug-likeness (QED) is 0.776. The van der Waals surface area contributed by atoms with Gasteiger partial charge in [0.25, 0.3) is 0 Å². The van der Waals surface area contributed by atoms with E-state index < -0.39 is 15.6 Å². The highest BCUT2D eigenvalue weighted by Gasteiger charge is 2.36. The summed E-state index contributed by atoms with van der Waals surface area (Å²) in [6.45, 7) is 8.61. The van der Waals surface area contributed by atoms with Crippen molar-refractivity contribution in [1.82, 2.24) is 9.80 Å². The van der Waals surface area contributed by atoms with E-state index in [1.807, 2.05) is 20.8 Å². The van der Waals surface area contributed by atoms with Crippen LogP contribution in [0.4, 0.5) is 10.5 Å². The van der Waals surface area contributed by atoms with Crippen molar-refractivity contribution in [2.24, 2.45) is 0 Å². The third-order valence-corrected chi connectivity index (χ3v) is 6.79. The Morgan fingerprint density at radius 2 is 1.86 bits per heavy atom. The topological polar surface area (TPSA) is 79.0 Å². The molecule has 2 fully saturated rings. The summed E-state index contributed by atoms with van der Waals surface area (Å²) in [5.74, 6) is 0. The van der Waals surface area contributed by atoms with Crippen molar-refractivity contribution in [3.05, 3.63) is 28.8 Å². The summed E-state index contributed by atoms with van der Waals surface area (Å²) in [5, 5.41) is 0.283. The molecule has 0 atom stereocenters. The van der Waals surface area contributed by atoms with Gasteiger partial charge in [0.2, 0.25) is 10.0 Å². The van der Waals surface area contributed by atoms with Crippen LogP contribution in [0.15, 0.2) is 18.2 Å². The minimum Gasteiger partial charge on any atom is -0.444 e. The number of carbonyl (C=O) groups excluding carboxylic acids is 1. The summed E-state index contributed by atoms with van der Waals surface area (Å²) in [7, 11) is -3.33. The van der Waals surface area contributed by atoms with Crippen molar-refractivity contribution in [3.8, 4) is 0 Å². The van der Waals surface area contributed by atoms with Crippen LogP contribution in [0.2, 0.25) is 5.02 Å². The zero-order valence-corrected chi connectivity index (χ0v) is 18.1. The van der Waals surface area contributed by atoms with Gasteiger partial charge in [0.15, 0.2) is 0 Å². The number of carbonyl (C=O) groups is 1. The van der Waals surface area contributed by atoms with Crippen LogP contribution in [0.5, 0.6) is 0 Å². The fourth-order valence-electron chi connectivity index (χ4n) is 3.06. The maximum Gasteiger partial charge on any atom is 0.410 e. The maximum absolute atomic E-state index is 12.3. The van der Waals surface area contributed by atoms with Crippen LogP contribution in [0.3, 0.4) is 0 Å². The van der Waals surface area contributed by atoms with Gasteiger partial charge in [0.1, 0.15) is 5.60 Å². The molecule has 0 aromatic heterocycles. The molecule has 0 radical (unpaired) electrons. The first-order valence-corrected chi connectivity index (χ1v) is 11.5. The molecule has 1 saturated heterocycles. The second-order valence-electron chi connectivity index (χ2n) is 8.39. The largest absolute Gasteiger partial charge is 0.444 e. The predicted octanol–water partition coefficient (Wildman–Crippen LogP) is 3.30. The number of hydrogen-bond donors (Lipinski definition) is 1. The van der Waals surface area contributed by atoms with E-state index in [1.54, 1.807) is 23.1 Å². The number of rotatable bonds is 5. The minimum atomic E-state index is -3.33. The van der Waals surface area contributed by atoms with Gasteiger partial charge in [0, 0.05) is 37.7 Å². The van der Waals surface area contributed by atoms with E-state index in [4.69, 9.17) is 16.3 Å². The molecule has 0 bridgehead atoms. The van der Waals surface area contributed by atoms with E-state index in [0.29, 0.717) is 56.3 Å². The highest BCUT2D eigenvalue weighted by Crippen LogP contribution is 2.31. The lowest BCUT2D eigenvalue weighted by Crippen LogP contribution is -2.49. The summed E-state index contributed by atoms with van der Waals surface area (Å²) < 4.78 is 32.8. The Hall–Kier alpha value is -1.51. The van der Waals surface area contributed by atoms with Gasteiger partial charge in [-0.15, -0.1) is 0 Å². The molecule has 1 aromatic carbocycles. The number of halogens is 1. The molecular formula is C19H28ClN3O4S. The zero-order valence-electron chi connectivity index (χ0n) is 16.6. The molecule has 156 valence electrons. The molecule has 1 aliphatic carbocycles. The number of anilines is 1. The number of piperazine rings is 1. The molecule has 1 aromatic rings. The predicted molar refractivity (Wildman–Crippen MR) is 110 cm³/mol. The second-order valence-corrected chi connectivity index (χ2v) is 10.8. The Bertz CT molecular complexity index is 826. The molecule has 1 heterocycles. The Kier molecular flexibility index (Phi) is 6.12. The van der Waals surface area contributed by atoms with Crippen molar-refractivity contribution < 1.29 is 17.9 Å². The van der Waals surface area contributed by atoms with Gasteiger partial charge in [-0.3, -0.25) is 9.62 Å². The Morgan fingerprint density at radius 1 is 1.21 bits per heavy atom. The summed E-state index contributed by atoms with van der Waals surface area (Å²) in [6.07, 6.45) is 1.13. The molecule has 9 heteroatoms. The molecule has 1 amide bonds. The van der Waals surface area contributed by atoms with Gasteiger partial charge in [-0.1, -0.05) is 11.6 Å². The number of nitrogens with one attached hydrogen (secondary N) is 1. The fourth-order valence-corrected chi connectivity index (χ4v) is 4.69. The van der Waals surface area contributed by atoms with Crippen LogP contribution >= 0.6 is 11.6 Å².